The van der Waals surface area contributed by atoms with Crippen molar-refractivity contribution < 1.29 is 4.74 Å². The normalized spacial score (nSPS) is 10.0. The fraction of sp³-hybridized carbons (Fsp3) is 0.0526. The number of pyridine rings is 1. The molecule has 0 fully saturated rings. The zero-order chi connectivity index (χ0) is 16.1. The van der Waals surface area contributed by atoms with Gasteiger partial charge in [0.15, 0.2) is 0 Å². The number of hydrogen-bond acceptors (Lipinski definition) is 3. The summed E-state index contributed by atoms with van der Waals surface area (Å²) in [5, 5.41) is 8.81. The highest BCUT2D eigenvalue weighted by Crippen LogP contribution is 2.22. The predicted molar refractivity (Wildman–Crippen MR) is 88.0 cm³/mol. The number of H-pyrrole nitrogens is 1. The van der Waals surface area contributed by atoms with Crippen LogP contribution in [0.25, 0.3) is 11.3 Å². The maximum Gasteiger partial charge on any atom is 0.266 e. The monoisotopic (exact) mass is 302 g/mol. The summed E-state index contributed by atoms with van der Waals surface area (Å²) in [7, 11) is 0. The van der Waals surface area contributed by atoms with E-state index in [9.17, 15) is 4.79 Å². The van der Waals surface area contributed by atoms with Crippen LogP contribution >= 0.6 is 0 Å². The third-order valence-electron chi connectivity index (χ3n) is 3.42. The van der Waals surface area contributed by atoms with Crippen molar-refractivity contribution in [3.8, 4) is 23.1 Å². The molecule has 1 heterocycles. The number of aromatic amines is 1. The van der Waals surface area contributed by atoms with Gasteiger partial charge in [0.2, 0.25) is 0 Å². The van der Waals surface area contributed by atoms with Gasteiger partial charge in [-0.05, 0) is 29.8 Å². The van der Waals surface area contributed by atoms with Crippen LogP contribution in [0.3, 0.4) is 0 Å². The molecule has 0 saturated heterocycles. The number of nitrogens with one attached hydrogen (secondary N) is 1. The maximum atomic E-state index is 11.7. The van der Waals surface area contributed by atoms with E-state index < -0.39 is 0 Å². The SMILES string of the molecule is N#Cc1ccc(-c2cccc(OCc3ccccc3)c2)[nH]c1=O. The number of nitrogens with zero attached hydrogens (tertiary/aromatic N) is 1. The van der Waals surface area contributed by atoms with Gasteiger partial charge in [-0.1, -0.05) is 42.5 Å². The highest BCUT2D eigenvalue weighted by molar-refractivity contribution is 5.61. The largest absolute Gasteiger partial charge is 0.489 e. The molecule has 0 aliphatic carbocycles. The van der Waals surface area contributed by atoms with Gasteiger partial charge in [-0.25, -0.2) is 0 Å². The topological polar surface area (TPSA) is 65.9 Å². The van der Waals surface area contributed by atoms with Crippen LogP contribution < -0.4 is 10.3 Å². The van der Waals surface area contributed by atoms with Crippen LogP contribution in [0.15, 0.2) is 71.5 Å². The second-order valence-corrected chi connectivity index (χ2v) is 5.03. The van der Waals surface area contributed by atoms with Gasteiger partial charge in [-0.3, -0.25) is 4.79 Å². The third kappa shape index (κ3) is 3.47. The lowest BCUT2D eigenvalue weighted by Gasteiger charge is -2.08. The van der Waals surface area contributed by atoms with Crippen LogP contribution in [-0.2, 0) is 6.61 Å². The zero-order valence-electron chi connectivity index (χ0n) is 12.3. The fourth-order valence-electron chi connectivity index (χ4n) is 2.22. The summed E-state index contributed by atoms with van der Waals surface area (Å²) in [5.41, 5.74) is 2.28. The van der Waals surface area contributed by atoms with Crippen LogP contribution in [0.4, 0.5) is 0 Å². The third-order valence-corrected chi connectivity index (χ3v) is 3.42. The van der Waals surface area contributed by atoms with Gasteiger partial charge >= 0.3 is 0 Å². The van der Waals surface area contributed by atoms with Crippen molar-refractivity contribution in [1.82, 2.24) is 4.98 Å². The van der Waals surface area contributed by atoms with E-state index in [1.807, 2.05) is 60.7 Å². The smallest absolute Gasteiger partial charge is 0.266 e. The van der Waals surface area contributed by atoms with E-state index in [0.717, 1.165) is 16.9 Å². The first kappa shape index (κ1) is 14.6. The zero-order valence-corrected chi connectivity index (χ0v) is 12.3. The highest BCUT2D eigenvalue weighted by atomic mass is 16.5. The van der Waals surface area contributed by atoms with E-state index in [1.54, 1.807) is 6.07 Å². The Morgan fingerprint density at radius 2 is 1.83 bits per heavy atom. The fourth-order valence-corrected chi connectivity index (χ4v) is 2.22. The van der Waals surface area contributed by atoms with Crippen molar-refractivity contribution in [3.63, 3.8) is 0 Å². The van der Waals surface area contributed by atoms with E-state index in [2.05, 4.69) is 4.98 Å². The Morgan fingerprint density at radius 3 is 2.57 bits per heavy atom. The average molecular weight is 302 g/mol. The highest BCUT2D eigenvalue weighted by Gasteiger charge is 2.04. The Kier molecular flexibility index (Phi) is 4.21. The summed E-state index contributed by atoms with van der Waals surface area (Å²) in [6.07, 6.45) is 0. The maximum absolute atomic E-state index is 11.7. The molecule has 0 unspecified atom stereocenters. The minimum Gasteiger partial charge on any atom is -0.489 e. The van der Waals surface area contributed by atoms with Gasteiger partial charge in [0.1, 0.15) is 24.0 Å². The molecule has 0 aliphatic heterocycles. The molecule has 3 rings (SSSR count). The molecule has 4 heteroatoms. The molecule has 2 aromatic carbocycles. The lowest BCUT2D eigenvalue weighted by molar-refractivity contribution is 0.306. The van der Waals surface area contributed by atoms with Crippen molar-refractivity contribution in [2.24, 2.45) is 0 Å². The molecule has 4 nitrogen and oxygen atoms in total. The molecular formula is C19H14N2O2. The molecule has 0 aliphatic rings. The second kappa shape index (κ2) is 6.63. The molecule has 0 saturated carbocycles. The Hall–Kier alpha value is -3.32. The van der Waals surface area contributed by atoms with Gasteiger partial charge in [0, 0.05) is 11.3 Å². The predicted octanol–water partition coefficient (Wildman–Crippen LogP) is 3.49. The number of aromatic nitrogens is 1. The number of nitriles is 1. The van der Waals surface area contributed by atoms with E-state index in [0.29, 0.717) is 12.3 Å². The molecule has 1 aromatic heterocycles. The van der Waals surface area contributed by atoms with Crippen molar-refractivity contribution >= 4 is 0 Å². The molecule has 1 N–H and O–H groups in total. The molecular weight excluding hydrogens is 288 g/mol. The first-order valence-electron chi connectivity index (χ1n) is 7.17. The summed E-state index contributed by atoms with van der Waals surface area (Å²) in [5.74, 6) is 0.719. The summed E-state index contributed by atoms with van der Waals surface area (Å²) >= 11 is 0. The van der Waals surface area contributed by atoms with E-state index in [-0.39, 0.29) is 11.1 Å². The van der Waals surface area contributed by atoms with Crippen LogP contribution in [0.1, 0.15) is 11.1 Å². The van der Waals surface area contributed by atoms with Gasteiger partial charge in [-0.15, -0.1) is 0 Å². The minimum absolute atomic E-state index is 0.102. The Bertz CT molecular complexity index is 908. The molecule has 3 aromatic rings. The molecule has 23 heavy (non-hydrogen) atoms. The first-order chi connectivity index (χ1) is 11.3. The van der Waals surface area contributed by atoms with Crippen molar-refractivity contribution in [3.05, 3.63) is 88.2 Å². The molecule has 0 atom stereocenters. The van der Waals surface area contributed by atoms with Crippen molar-refractivity contribution in [2.75, 3.05) is 0 Å². The van der Waals surface area contributed by atoms with E-state index in [4.69, 9.17) is 10.00 Å². The minimum atomic E-state index is -0.388. The van der Waals surface area contributed by atoms with Crippen LogP contribution in [0, 0.1) is 11.3 Å². The van der Waals surface area contributed by atoms with Gasteiger partial charge in [0.05, 0.1) is 0 Å². The summed E-state index contributed by atoms with van der Waals surface area (Å²) < 4.78 is 5.78. The Morgan fingerprint density at radius 1 is 1.00 bits per heavy atom. The van der Waals surface area contributed by atoms with E-state index in [1.165, 1.54) is 6.07 Å². The average Bonchev–Trinajstić information content (AvgIpc) is 2.61. The standard InChI is InChI=1S/C19H14N2O2/c20-12-16-9-10-18(21-19(16)22)15-7-4-8-17(11-15)23-13-14-5-2-1-3-6-14/h1-11H,13H2,(H,21,22). The van der Waals surface area contributed by atoms with Crippen LogP contribution in [0.5, 0.6) is 5.75 Å². The second-order valence-electron chi connectivity index (χ2n) is 5.03. The molecule has 0 bridgehead atoms. The lowest BCUT2D eigenvalue weighted by atomic mass is 10.1. The quantitative estimate of drug-likeness (QED) is 0.802. The summed E-state index contributed by atoms with van der Waals surface area (Å²) in [6, 6.07) is 22.5. The summed E-state index contributed by atoms with van der Waals surface area (Å²) in [4.78, 5) is 14.4. The van der Waals surface area contributed by atoms with Crippen LogP contribution in [0.2, 0.25) is 0 Å². The van der Waals surface area contributed by atoms with Crippen molar-refractivity contribution in [2.45, 2.75) is 6.61 Å². The van der Waals surface area contributed by atoms with Gasteiger partial charge in [0.25, 0.3) is 5.56 Å². The molecule has 0 spiro atoms. The Balaban J connectivity index is 1.81. The van der Waals surface area contributed by atoms with Gasteiger partial charge < -0.3 is 9.72 Å². The molecule has 0 radical (unpaired) electrons. The Labute approximate surface area is 133 Å². The van der Waals surface area contributed by atoms with Crippen LogP contribution in [-0.4, -0.2) is 4.98 Å². The number of hydrogen-bond donors (Lipinski definition) is 1. The molecule has 0 amide bonds. The van der Waals surface area contributed by atoms with E-state index >= 15 is 0 Å². The lowest BCUT2D eigenvalue weighted by Crippen LogP contribution is -2.10. The number of rotatable bonds is 4. The first-order valence-corrected chi connectivity index (χ1v) is 7.17. The number of ether oxygens (including phenoxy) is 1. The van der Waals surface area contributed by atoms with Crippen molar-refractivity contribution in [1.29, 1.82) is 5.26 Å². The molecule has 112 valence electrons. The number of benzene rings is 2. The van der Waals surface area contributed by atoms with Gasteiger partial charge in [-0.2, -0.15) is 5.26 Å². The summed E-state index contributed by atoms with van der Waals surface area (Å²) in [6.45, 7) is 0.480.